The lowest BCUT2D eigenvalue weighted by molar-refractivity contribution is 0.0731. The lowest BCUT2D eigenvalue weighted by Crippen LogP contribution is -2.42. The molecule has 2 aromatic carbocycles. The summed E-state index contributed by atoms with van der Waals surface area (Å²) in [4.78, 5) is 33.7. The van der Waals surface area contributed by atoms with Crippen molar-refractivity contribution in [3.8, 4) is 5.75 Å². The molecule has 9 heteroatoms. The second-order valence-corrected chi connectivity index (χ2v) is 10.4. The van der Waals surface area contributed by atoms with Crippen molar-refractivity contribution in [2.24, 2.45) is 0 Å². The van der Waals surface area contributed by atoms with Crippen LogP contribution in [0, 0.1) is 0 Å². The molecule has 1 fully saturated rings. The first-order chi connectivity index (χ1) is 17.9. The highest BCUT2D eigenvalue weighted by atomic mass is 35.5. The van der Waals surface area contributed by atoms with Crippen LogP contribution in [0.4, 0.5) is 5.95 Å². The molecule has 2 heterocycles. The molecule has 0 saturated heterocycles. The number of amides is 1. The van der Waals surface area contributed by atoms with E-state index in [1.165, 1.54) is 6.42 Å². The zero-order chi connectivity index (χ0) is 25.9. The number of ether oxygens (including phenoxy) is 1. The number of aromatic nitrogens is 2. The highest BCUT2D eigenvalue weighted by molar-refractivity contribution is 6.42. The van der Waals surface area contributed by atoms with Crippen molar-refractivity contribution < 1.29 is 9.53 Å². The third-order valence-corrected chi connectivity index (χ3v) is 8.01. The van der Waals surface area contributed by atoms with Crippen LogP contribution in [0.5, 0.6) is 5.75 Å². The molecule has 194 valence electrons. The van der Waals surface area contributed by atoms with Gasteiger partial charge in [0.15, 0.2) is 0 Å². The van der Waals surface area contributed by atoms with Gasteiger partial charge in [-0.15, -0.1) is 0 Å². The van der Waals surface area contributed by atoms with Crippen LogP contribution in [0.15, 0.2) is 47.3 Å². The SMILES string of the molecule is COc1ccc(CNc2nc3c(c(=O)n2C2CCCCC2)CCN(C(=O)c2ccc(Cl)c(Cl)c2)C3)cc1. The summed E-state index contributed by atoms with van der Waals surface area (Å²) in [6.45, 7) is 1.24. The Hall–Kier alpha value is -3.03. The van der Waals surface area contributed by atoms with Gasteiger partial charge >= 0.3 is 0 Å². The van der Waals surface area contributed by atoms with E-state index in [0.717, 1.165) is 37.0 Å². The van der Waals surface area contributed by atoms with Crippen LogP contribution >= 0.6 is 23.2 Å². The van der Waals surface area contributed by atoms with Gasteiger partial charge in [-0.2, -0.15) is 0 Å². The van der Waals surface area contributed by atoms with E-state index in [1.807, 2.05) is 28.8 Å². The Balaban J connectivity index is 1.44. The largest absolute Gasteiger partial charge is 0.497 e. The molecule has 1 aromatic heterocycles. The van der Waals surface area contributed by atoms with Gasteiger partial charge in [-0.1, -0.05) is 54.6 Å². The molecule has 0 radical (unpaired) electrons. The van der Waals surface area contributed by atoms with Crippen molar-refractivity contribution in [2.75, 3.05) is 19.0 Å². The quantitative estimate of drug-likeness (QED) is 0.422. The number of rotatable bonds is 6. The molecular formula is C28H30Cl2N4O3. The normalized spacial score (nSPS) is 15.8. The molecule has 3 aromatic rings. The monoisotopic (exact) mass is 540 g/mol. The molecule has 1 N–H and O–H groups in total. The summed E-state index contributed by atoms with van der Waals surface area (Å²) in [5.41, 5.74) is 2.88. The Kier molecular flexibility index (Phi) is 7.72. The first-order valence-electron chi connectivity index (χ1n) is 12.7. The van der Waals surface area contributed by atoms with E-state index in [2.05, 4.69) is 5.32 Å². The number of carbonyl (C=O) groups is 1. The predicted molar refractivity (Wildman–Crippen MR) is 146 cm³/mol. The van der Waals surface area contributed by atoms with Crippen LogP contribution in [0.3, 0.4) is 0 Å². The number of anilines is 1. The van der Waals surface area contributed by atoms with E-state index in [4.69, 9.17) is 32.9 Å². The number of carbonyl (C=O) groups excluding carboxylic acids is 1. The number of nitrogens with zero attached hydrogens (tertiary/aromatic N) is 3. The number of benzene rings is 2. The molecule has 1 aliphatic heterocycles. The van der Waals surface area contributed by atoms with Crippen LogP contribution in [0.2, 0.25) is 10.0 Å². The lowest BCUT2D eigenvalue weighted by Gasteiger charge is -2.31. The fourth-order valence-corrected chi connectivity index (χ4v) is 5.51. The van der Waals surface area contributed by atoms with Crippen molar-refractivity contribution in [3.63, 3.8) is 0 Å². The van der Waals surface area contributed by atoms with E-state index in [-0.39, 0.29) is 24.1 Å². The Labute approximate surface area is 226 Å². The van der Waals surface area contributed by atoms with E-state index in [0.29, 0.717) is 52.3 Å². The molecule has 0 unspecified atom stereocenters. The summed E-state index contributed by atoms with van der Waals surface area (Å²) in [7, 11) is 1.64. The standard InChI is InChI=1S/C28H30Cl2N4O3/c1-37-21-10-7-18(8-11-21)16-31-28-32-25-17-33(26(35)19-9-12-23(29)24(30)15-19)14-13-22(25)27(36)34(28)20-5-3-2-4-6-20/h7-12,15,20H,2-6,13-14,16-17H2,1H3,(H,31,32). The minimum atomic E-state index is -0.157. The smallest absolute Gasteiger partial charge is 0.258 e. The topological polar surface area (TPSA) is 76.5 Å². The van der Waals surface area contributed by atoms with Gasteiger partial charge in [-0.25, -0.2) is 4.98 Å². The second kappa shape index (κ2) is 11.2. The number of methoxy groups -OCH3 is 1. The van der Waals surface area contributed by atoms with Crippen LogP contribution in [0.25, 0.3) is 0 Å². The third-order valence-electron chi connectivity index (χ3n) is 7.27. The number of hydrogen-bond acceptors (Lipinski definition) is 5. The van der Waals surface area contributed by atoms with Gasteiger partial charge in [-0.3, -0.25) is 14.2 Å². The van der Waals surface area contributed by atoms with Crippen LogP contribution in [-0.4, -0.2) is 34.0 Å². The van der Waals surface area contributed by atoms with Gasteiger partial charge in [0.1, 0.15) is 5.75 Å². The average molecular weight is 541 g/mol. The molecule has 37 heavy (non-hydrogen) atoms. The average Bonchev–Trinajstić information content (AvgIpc) is 2.93. The Morgan fingerprint density at radius 2 is 1.84 bits per heavy atom. The number of fused-ring (bicyclic) bond motifs is 1. The van der Waals surface area contributed by atoms with Crippen molar-refractivity contribution in [1.82, 2.24) is 14.5 Å². The van der Waals surface area contributed by atoms with E-state index in [9.17, 15) is 9.59 Å². The molecule has 1 aliphatic carbocycles. The summed E-state index contributed by atoms with van der Waals surface area (Å²) in [5, 5.41) is 4.16. The number of nitrogens with one attached hydrogen (secondary N) is 1. The van der Waals surface area contributed by atoms with Gasteiger partial charge in [0, 0.05) is 30.3 Å². The molecule has 0 atom stereocenters. The highest BCUT2D eigenvalue weighted by Gasteiger charge is 2.29. The first kappa shape index (κ1) is 25.6. The van der Waals surface area contributed by atoms with Crippen LogP contribution in [0.1, 0.15) is 65.3 Å². The molecule has 1 amide bonds. The Morgan fingerprint density at radius 3 is 2.54 bits per heavy atom. The maximum Gasteiger partial charge on any atom is 0.258 e. The van der Waals surface area contributed by atoms with E-state index < -0.39 is 0 Å². The van der Waals surface area contributed by atoms with Crippen molar-refractivity contribution in [3.05, 3.63) is 85.2 Å². The minimum absolute atomic E-state index is 0.00997. The second-order valence-electron chi connectivity index (χ2n) is 9.63. The fourth-order valence-electron chi connectivity index (χ4n) is 5.22. The summed E-state index contributed by atoms with van der Waals surface area (Å²) >= 11 is 12.2. The van der Waals surface area contributed by atoms with E-state index in [1.54, 1.807) is 30.2 Å². The Bertz CT molecular complexity index is 1350. The molecule has 0 spiro atoms. The number of halogens is 2. The van der Waals surface area contributed by atoms with Crippen molar-refractivity contribution in [2.45, 2.75) is 57.7 Å². The molecule has 5 rings (SSSR count). The van der Waals surface area contributed by atoms with Gasteiger partial charge < -0.3 is 15.0 Å². The summed E-state index contributed by atoms with van der Waals surface area (Å²) in [6.07, 6.45) is 5.83. The van der Waals surface area contributed by atoms with E-state index >= 15 is 0 Å². The maximum absolute atomic E-state index is 13.8. The van der Waals surface area contributed by atoms with Crippen LogP contribution in [-0.2, 0) is 19.5 Å². The fraction of sp³-hybridized carbons (Fsp3) is 0.393. The van der Waals surface area contributed by atoms with Crippen molar-refractivity contribution >= 4 is 35.1 Å². The summed E-state index contributed by atoms with van der Waals surface area (Å²) in [5.74, 6) is 1.20. The molecular weight excluding hydrogens is 511 g/mol. The molecule has 0 bridgehead atoms. The summed E-state index contributed by atoms with van der Waals surface area (Å²) < 4.78 is 7.13. The molecule has 2 aliphatic rings. The van der Waals surface area contributed by atoms with Crippen molar-refractivity contribution in [1.29, 1.82) is 0 Å². The highest BCUT2D eigenvalue weighted by Crippen LogP contribution is 2.31. The Morgan fingerprint density at radius 1 is 1.08 bits per heavy atom. The molecule has 7 nitrogen and oxygen atoms in total. The van der Waals surface area contributed by atoms with Gasteiger partial charge in [0.2, 0.25) is 5.95 Å². The molecule has 1 saturated carbocycles. The van der Waals surface area contributed by atoms with Gasteiger partial charge in [0.25, 0.3) is 11.5 Å². The maximum atomic E-state index is 13.8. The first-order valence-corrected chi connectivity index (χ1v) is 13.5. The zero-order valence-electron chi connectivity index (χ0n) is 20.8. The van der Waals surface area contributed by atoms with Gasteiger partial charge in [-0.05, 0) is 55.2 Å². The zero-order valence-corrected chi connectivity index (χ0v) is 22.3. The van der Waals surface area contributed by atoms with Crippen LogP contribution < -0.4 is 15.6 Å². The third kappa shape index (κ3) is 5.48. The number of hydrogen-bond donors (Lipinski definition) is 1. The van der Waals surface area contributed by atoms with Gasteiger partial charge in [0.05, 0.1) is 29.4 Å². The minimum Gasteiger partial charge on any atom is -0.497 e. The predicted octanol–water partition coefficient (Wildman–Crippen LogP) is 5.87. The summed E-state index contributed by atoms with van der Waals surface area (Å²) in [6, 6.07) is 12.8. The lowest BCUT2D eigenvalue weighted by atomic mass is 9.95.